The number of rotatable bonds is 5. The summed E-state index contributed by atoms with van der Waals surface area (Å²) in [6.45, 7) is 2.65. The van der Waals surface area contributed by atoms with Gasteiger partial charge in [-0.3, -0.25) is 4.79 Å². The number of nitrogens with two attached hydrogens (primary N) is 1. The molecule has 88 valence electrons. The molecule has 4 nitrogen and oxygen atoms in total. The number of hydrogen-bond donors (Lipinski definition) is 3. The molecule has 1 aromatic rings. The number of aromatic hydroxyl groups is 1. The Hall–Kier alpha value is -1.55. The Bertz CT molecular complexity index is 335. The maximum atomic E-state index is 11.5. The maximum Gasteiger partial charge on any atom is 0.237 e. The van der Waals surface area contributed by atoms with E-state index >= 15 is 0 Å². The normalized spacial score (nSPS) is 12.1. The Morgan fingerprint density at radius 2 is 2.06 bits per heavy atom. The van der Waals surface area contributed by atoms with Gasteiger partial charge in [0.1, 0.15) is 5.75 Å². The van der Waals surface area contributed by atoms with Crippen LogP contribution in [0, 0.1) is 0 Å². The third-order valence-electron chi connectivity index (χ3n) is 2.28. The molecule has 0 fully saturated rings. The van der Waals surface area contributed by atoms with E-state index in [4.69, 9.17) is 10.8 Å². The molecule has 1 rings (SSSR count). The van der Waals surface area contributed by atoms with Gasteiger partial charge in [0, 0.05) is 6.54 Å². The van der Waals surface area contributed by atoms with Gasteiger partial charge in [-0.05, 0) is 30.5 Å². The van der Waals surface area contributed by atoms with Gasteiger partial charge < -0.3 is 16.2 Å². The molecular formula is C12H18N2O2. The zero-order valence-corrected chi connectivity index (χ0v) is 9.44. The van der Waals surface area contributed by atoms with Gasteiger partial charge in [0.25, 0.3) is 0 Å². The van der Waals surface area contributed by atoms with Crippen molar-refractivity contribution in [2.24, 2.45) is 5.73 Å². The molecule has 1 aromatic carbocycles. The van der Waals surface area contributed by atoms with E-state index < -0.39 is 6.04 Å². The minimum atomic E-state index is -0.531. The summed E-state index contributed by atoms with van der Waals surface area (Å²) in [5.41, 5.74) is 6.70. The average Bonchev–Trinajstić information content (AvgIpc) is 2.29. The van der Waals surface area contributed by atoms with Gasteiger partial charge in [-0.15, -0.1) is 0 Å². The molecule has 4 N–H and O–H groups in total. The topological polar surface area (TPSA) is 75.4 Å². The largest absolute Gasteiger partial charge is 0.508 e. The molecule has 16 heavy (non-hydrogen) atoms. The predicted molar refractivity (Wildman–Crippen MR) is 63.1 cm³/mol. The first-order valence-electron chi connectivity index (χ1n) is 5.44. The van der Waals surface area contributed by atoms with E-state index in [-0.39, 0.29) is 11.7 Å². The minimum absolute atomic E-state index is 0.130. The molecule has 0 aliphatic carbocycles. The van der Waals surface area contributed by atoms with Crippen molar-refractivity contribution in [2.75, 3.05) is 6.54 Å². The fourth-order valence-corrected chi connectivity index (χ4v) is 1.36. The summed E-state index contributed by atoms with van der Waals surface area (Å²) < 4.78 is 0. The van der Waals surface area contributed by atoms with Crippen molar-refractivity contribution in [1.82, 2.24) is 5.32 Å². The highest BCUT2D eigenvalue weighted by Crippen LogP contribution is 2.10. The van der Waals surface area contributed by atoms with Gasteiger partial charge in [-0.2, -0.15) is 0 Å². The van der Waals surface area contributed by atoms with Gasteiger partial charge in [-0.1, -0.05) is 19.1 Å². The smallest absolute Gasteiger partial charge is 0.237 e. The number of carbonyl (C=O) groups is 1. The fraction of sp³-hybridized carbons (Fsp3) is 0.417. The summed E-state index contributed by atoms with van der Waals surface area (Å²) in [6, 6.07) is 6.18. The summed E-state index contributed by atoms with van der Waals surface area (Å²) in [5, 5.41) is 11.9. The van der Waals surface area contributed by atoms with E-state index in [0.717, 1.165) is 12.0 Å². The number of carbonyl (C=O) groups excluding carboxylic acids is 1. The molecule has 0 heterocycles. The van der Waals surface area contributed by atoms with Gasteiger partial charge in [0.15, 0.2) is 0 Å². The molecule has 1 unspecified atom stereocenters. The van der Waals surface area contributed by atoms with Crippen LogP contribution in [-0.2, 0) is 11.2 Å². The summed E-state index contributed by atoms with van der Waals surface area (Å²) in [4.78, 5) is 11.5. The van der Waals surface area contributed by atoms with Crippen molar-refractivity contribution in [3.8, 4) is 5.75 Å². The third kappa shape index (κ3) is 3.90. The second-order valence-corrected chi connectivity index (χ2v) is 3.77. The number of nitrogens with one attached hydrogen (secondary N) is 1. The standard InChI is InChI=1S/C12H18N2O2/c1-2-7-14-12(16)11(13)8-9-3-5-10(15)6-4-9/h3-6,11,15H,2,7-8,13H2,1H3,(H,14,16). The first-order valence-corrected chi connectivity index (χ1v) is 5.44. The van der Waals surface area contributed by atoms with Crippen molar-refractivity contribution < 1.29 is 9.90 Å². The second-order valence-electron chi connectivity index (χ2n) is 3.77. The molecule has 0 aliphatic rings. The van der Waals surface area contributed by atoms with Crippen LogP contribution in [0.25, 0.3) is 0 Å². The van der Waals surface area contributed by atoms with Crippen molar-refractivity contribution in [3.63, 3.8) is 0 Å². The maximum absolute atomic E-state index is 11.5. The van der Waals surface area contributed by atoms with Crippen LogP contribution in [0.5, 0.6) is 5.75 Å². The molecular weight excluding hydrogens is 204 g/mol. The lowest BCUT2D eigenvalue weighted by Gasteiger charge is -2.11. The van der Waals surface area contributed by atoms with E-state index in [0.29, 0.717) is 13.0 Å². The van der Waals surface area contributed by atoms with E-state index in [1.807, 2.05) is 6.92 Å². The van der Waals surface area contributed by atoms with Crippen molar-refractivity contribution >= 4 is 5.91 Å². The third-order valence-corrected chi connectivity index (χ3v) is 2.28. The fourth-order valence-electron chi connectivity index (χ4n) is 1.36. The van der Waals surface area contributed by atoms with Gasteiger partial charge in [0.05, 0.1) is 6.04 Å². The quantitative estimate of drug-likeness (QED) is 0.689. The number of hydrogen-bond acceptors (Lipinski definition) is 3. The first kappa shape index (κ1) is 12.5. The number of benzene rings is 1. The van der Waals surface area contributed by atoms with Crippen LogP contribution >= 0.6 is 0 Å². The number of amides is 1. The van der Waals surface area contributed by atoms with E-state index in [1.54, 1.807) is 24.3 Å². The van der Waals surface area contributed by atoms with Gasteiger partial charge in [0.2, 0.25) is 5.91 Å². The van der Waals surface area contributed by atoms with Crippen LogP contribution in [0.15, 0.2) is 24.3 Å². The molecule has 0 saturated carbocycles. The summed E-state index contributed by atoms with van der Waals surface area (Å²) in [5.74, 6) is 0.0858. The SMILES string of the molecule is CCCNC(=O)C(N)Cc1ccc(O)cc1. The average molecular weight is 222 g/mol. The Morgan fingerprint density at radius 3 is 2.62 bits per heavy atom. The molecule has 1 atom stereocenters. The Kier molecular flexibility index (Phi) is 4.79. The molecule has 0 spiro atoms. The number of phenolic OH excluding ortho intramolecular Hbond substituents is 1. The lowest BCUT2D eigenvalue weighted by molar-refractivity contribution is -0.122. The van der Waals surface area contributed by atoms with Crippen LogP contribution in [0.3, 0.4) is 0 Å². The van der Waals surface area contributed by atoms with E-state index in [9.17, 15) is 4.79 Å². The molecule has 0 bridgehead atoms. The van der Waals surface area contributed by atoms with Crippen LogP contribution in [0.2, 0.25) is 0 Å². The van der Waals surface area contributed by atoms with Crippen LogP contribution in [0.1, 0.15) is 18.9 Å². The highest BCUT2D eigenvalue weighted by molar-refractivity contribution is 5.81. The molecule has 1 amide bonds. The summed E-state index contributed by atoms with van der Waals surface area (Å²) in [6.07, 6.45) is 1.38. The zero-order valence-electron chi connectivity index (χ0n) is 9.44. The highest BCUT2D eigenvalue weighted by Gasteiger charge is 2.12. The molecule has 4 heteroatoms. The van der Waals surface area contributed by atoms with E-state index in [2.05, 4.69) is 5.32 Å². The second kappa shape index (κ2) is 6.12. The van der Waals surface area contributed by atoms with Crippen LogP contribution in [0.4, 0.5) is 0 Å². The predicted octanol–water partition coefficient (Wildman–Crippen LogP) is 0.788. The van der Waals surface area contributed by atoms with Crippen molar-refractivity contribution in [1.29, 1.82) is 0 Å². The van der Waals surface area contributed by atoms with Crippen LogP contribution < -0.4 is 11.1 Å². The summed E-state index contributed by atoms with van der Waals surface area (Å²) in [7, 11) is 0. The van der Waals surface area contributed by atoms with Gasteiger partial charge in [-0.25, -0.2) is 0 Å². The lowest BCUT2D eigenvalue weighted by atomic mass is 10.1. The van der Waals surface area contributed by atoms with Crippen molar-refractivity contribution in [3.05, 3.63) is 29.8 Å². The monoisotopic (exact) mass is 222 g/mol. The number of phenols is 1. The Balaban J connectivity index is 2.47. The highest BCUT2D eigenvalue weighted by atomic mass is 16.3. The Labute approximate surface area is 95.5 Å². The molecule has 0 saturated heterocycles. The van der Waals surface area contributed by atoms with Crippen molar-refractivity contribution in [2.45, 2.75) is 25.8 Å². The lowest BCUT2D eigenvalue weighted by Crippen LogP contribution is -2.42. The van der Waals surface area contributed by atoms with Crippen LogP contribution in [-0.4, -0.2) is 23.6 Å². The minimum Gasteiger partial charge on any atom is -0.508 e. The first-order chi connectivity index (χ1) is 7.63. The molecule has 0 aliphatic heterocycles. The Morgan fingerprint density at radius 1 is 1.44 bits per heavy atom. The molecule has 0 aromatic heterocycles. The van der Waals surface area contributed by atoms with E-state index in [1.165, 1.54) is 0 Å². The summed E-state index contributed by atoms with van der Waals surface area (Å²) >= 11 is 0. The molecule has 0 radical (unpaired) electrons. The van der Waals surface area contributed by atoms with Gasteiger partial charge >= 0.3 is 0 Å². The zero-order chi connectivity index (χ0) is 12.0.